The molecule has 1 aromatic rings. The van der Waals surface area contributed by atoms with Crippen LogP contribution in [0.15, 0.2) is 12.3 Å². The van der Waals surface area contributed by atoms with Gasteiger partial charge in [0.25, 0.3) is 0 Å². The first-order chi connectivity index (χ1) is 7.72. The molecule has 1 amide bonds. The number of amides is 1. The lowest BCUT2D eigenvalue weighted by atomic mass is 10.4. The van der Waals surface area contributed by atoms with E-state index in [9.17, 15) is 4.79 Å². The Morgan fingerprint density at radius 3 is 3.12 bits per heavy atom. The number of hydrogen-bond donors (Lipinski definition) is 2. The summed E-state index contributed by atoms with van der Waals surface area (Å²) >= 11 is 0. The first-order valence-electron chi connectivity index (χ1n) is 4.92. The zero-order valence-corrected chi connectivity index (χ0v) is 9.16. The van der Waals surface area contributed by atoms with Gasteiger partial charge in [-0.05, 0) is 13.0 Å². The Hall–Kier alpha value is -1.93. The minimum absolute atomic E-state index is 0.105. The van der Waals surface area contributed by atoms with Crippen molar-refractivity contribution in [3.05, 3.63) is 23.8 Å². The SMILES string of the molecule is C#CCNCC(=O)NCc1ccnc(C)n1. The number of nitrogens with one attached hydrogen (secondary N) is 2. The number of hydrogen-bond acceptors (Lipinski definition) is 4. The summed E-state index contributed by atoms with van der Waals surface area (Å²) in [6.45, 7) is 2.81. The molecule has 0 bridgehead atoms. The van der Waals surface area contributed by atoms with Gasteiger partial charge in [-0.25, -0.2) is 9.97 Å². The van der Waals surface area contributed by atoms with E-state index in [4.69, 9.17) is 6.42 Å². The zero-order chi connectivity index (χ0) is 11.8. The molecule has 16 heavy (non-hydrogen) atoms. The summed E-state index contributed by atoms with van der Waals surface area (Å²) < 4.78 is 0. The highest BCUT2D eigenvalue weighted by Gasteiger charge is 2.00. The third-order valence-corrected chi connectivity index (χ3v) is 1.81. The summed E-state index contributed by atoms with van der Waals surface area (Å²) in [5.41, 5.74) is 0.790. The van der Waals surface area contributed by atoms with Crippen molar-refractivity contribution in [3.8, 4) is 12.3 Å². The molecule has 1 heterocycles. The second-order valence-electron chi connectivity index (χ2n) is 3.18. The molecule has 84 valence electrons. The number of terminal acetylenes is 1. The fourth-order valence-electron chi connectivity index (χ4n) is 1.10. The van der Waals surface area contributed by atoms with Crippen LogP contribution in [0.5, 0.6) is 0 Å². The highest BCUT2D eigenvalue weighted by molar-refractivity contribution is 5.77. The van der Waals surface area contributed by atoms with Gasteiger partial charge < -0.3 is 5.32 Å². The smallest absolute Gasteiger partial charge is 0.234 e. The van der Waals surface area contributed by atoms with Crippen molar-refractivity contribution in [2.24, 2.45) is 0 Å². The summed E-state index contributed by atoms with van der Waals surface area (Å²) in [6, 6.07) is 1.77. The standard InChI is InChI=1S/C11H14N4O/c1-3-5-12-8-11(16)14-7-10-4-6-13-9(2)15-10/h1,4,6,12H,5,7-8H2,2H3,(H,14,16). The van der Waals surface area contributed by atoms with Crippen LogP contribution in [0.1, 0.15) is 11.5 Å². The number of carbonyl (C=O) groups is 1. The van der Waals surface area contributed by atoms with E-state index >= 15 is 0 Å². The van der Waals surface area contributed by atoms with E-state index in [1.807, 2.05) is 0 Å². The monoisotopic (exact) mass is 218 g/mol. The summed E-state index contributed by atoms with van der Waals surface area (Å²) in [5, 5.41) is 5.53. The van der Waals surface area contributed by atoms with Gasteiger partial charge in [0.2, 0.25) is 5.91 Å². The van der Waals surface area contributed by atoms with Crippen molar-refractivity contribution in [1.29, 1.82) is 0 Å². The number of carbonyl (C=O) groups excluding carboxylic acids is 1. The second-order valence-corrected chi connectivity index (χ2v) is 3.18. The van der Waals surface area contributed by atoms with Crippen molar-refractivity contribution in [2.45, 2.75) is 13.5 Å². The van der Waals surface area contributed by atoms with Gasteiger partial charge in [-0.2, -0.15) is 0 Å². The molecule has 5 heteroatoms. The fourth-order valence-corrected chi connectivity index (χ4v) is 1.10. The predicted molar refractivity (Wildman–Crippen MR) is 60.3 cm³/mol. The number of aryl methyl sites for hydroxylation is 1. The lowest BCUT2D eigenvalue weighted by Crippen LogP contribution is -2.33. The Morgan fingerprint density at radius 1 is 1.62 bits per heavy atom. The number of aromatic nitrogens is 2. The van der Waals surface area contributed by atoms with Crippen molar-refractivity contribution in [3.63, 3.8) is 0 Å². The van der Waals surface area contributed by atoms with Gasteiger partial charge in [0.1, 0.15) is 5.82 Å². The van der Waals surface area contributed by atoms with Gasteiger partial charge in [-0.15, -0.1) is 6.42 Å². The molecule has 0 fully saturated rings. The summed E-state index contributed by atoms with van der Waals surface area (Å²) in [4.78, 5) is 19.4. The summed E-state index contributed by atoms with van der Waals surface area (Å²) in [5.74, 6) is 2.98. The van der Waals surface area contributed by atoms with Crippen LogP contribution in [-0.4, -0.2) is 29.0 Å². The lowest BCUT2D eigenvalue weighted by molar-refractivity contribution is -0.120. The Bertz CT molecular complexity index is 397. The minimum atomic E-state index is -0.105. The summed E-state index contributed by atoms with van der Waals surface area (Å²) in [6.07, 6.45) is 6.70. The van der Waals surface area contributed by atoms with Crippen LogP contribution in [-0.2, 0) is 11.3 Å². The van der Waals surface area contributed by atoms with Crippen LogP contribution in [0, 0.1) is 19.3 Å². The first-order valence-corrected chi connectivity index (χ1v) is 4.92. The third kappa shape index (κ3) is 4.53. The molecule has 5 nitrogen and oxygen atoms in total. The maximum atomic E-state index is 11.3. The lowest BCUT2D eigenvalue weighted by Gasteiger charge is -2.04. The molecule has 0 spiro atoms. The molecule has 0 radical (unpaired) electrons. The molecule has 0 saturated carbocycles. The molecule has 0 aliphatic rings. The van der Waals surface area contributed by atoms with Crippen molar-refractivity contribution < 1.29 is 4.79 Å². The van der Waals surface area contributed by atoms with Crippen molar-refractivity contribution in [1.82, 2.24) is 20.6 Å². The Balaban J connectivity index is 2.29. The Labute approximate surface area is 94.7 Å². The zero-order valence-electron chi connectivity index (χ0n) is 9.16. The molecule has 0 saturated heterocycles. The fraction of sp³-hybridized carbons (Fsp3) is 0.364. The Kier molecular flexibility index (Phi) is 4.96. The van der Waals surface area contributed by atoms with E-state index in [2.05, 4.69) is 26.5 Å². The molecule has 1 rings (SSSR count). The van der Waals surface area contributed by atoms with Gasteiger partial charge in [0.05, 0.1) is 25.3 Å². The van der Waals surface area contributed by atoms with Gasteiger partial charge in [-0.1, -0.05) is 5.92 Å². The molecule has 0 aromatic carbocycles. The van der Waals surface area contributed by atoms with Gasteiger partial charge in [0.15, 0.2) is 0 Å². The molecule has 0 aliphatic heterocycles. The minimum Gasteiger partial charge on any atom is -0.349 e. The van der Waals surface area contributed by atoms with Crippen molar-refractivity contribution in [2.75, 3.05) is 13.1 Å². The van der Waals surface area contributed by atoms with E-state index in [0.717, 1.165) is 5.69 Å². The molecule has 0 aliphatic carbocycles. The van der Waals surface area contributed by atoms with E-state index in [1.165, 1.54) is 0 Å². The van der Waals surface area contributed by atoms with E-state index in [-0.39, 0.29) is 12.5 Å². The maximum Gasteiger partial charge on any atom is 0.234 e. The molecule has 0 atom stereocenters. The Morgan fingerprint density at radius 2 is 2.44 bits per heavy atom. The molecule has 2 N–H and O–H groups in total. The molecular weight excluding hydrogens is 204 g/mol. The van der Waals surface area contributed by atoms with Crippen LogP contribution in [0.4, 0.5) is 0 Å². The first kappa shape index (κ1) is 12.1. The molecule has 0 unspecified atom stereocenters. The third-order valence-electron chi connectivity index (χ3n) is 1.81. The van der Waals surface area contributed by atoms with Gasteiger partial charge in [-0.3, -0.25) is 10.1 Å². The average molecular weight is 218 g/mol. The molecular formula is C11H14N4O. The van der Waals surface area contributed by atoms with Gasteiger partial charge in [0, 0.05) is 6.20 Å². The highest BCUT2D eigenvalue weighted by Crippen LogP contribution is 1.93. The van der Waals surface area contributed by atoms with Crippen LogP contribution in [0.25, 0.3) is 0 Å². The van der Waals surface area contributed by atoms with Gasteiger partial charge >= 0.3 is 0 Å². The second kappa shape index (κ2) is 6.53. The number of nitrogens with zero attached hydrogens (tertiary/aromatic N) is 2. The summed E-state index contributed by atoms with van der Waals surface area (Å²) in [7, 11) is 0. The van der Waals surface area contributed by atoms with E-state index in [0.29, 0.717) is 18.9 Å². The highest BCUT2D eigenvalue weighted by atomic mass is 16.1. The van der Waals surface area contributed by atoms with E-state index < -0.39 is 0 Å². The van der Waals surface area contributed by atoms with E-state index in [1.54, 1.807) is 19.2 Å². The molecule has 1 aromatic heterocycles. The van der Waals surface area contributed by atoms with Crippen LogP contribution in [0.2, 0.25) is 0 Å². The van der Waals surface area contributed by atoms with Crippen molar-refractivity contribution >= 4 is 5.91 Å². The largest absolute Gasteiger partial charge is 0.349 e. The number of rotatable bonds is 5. The average Bonchev–Trinajstić information content (AvgIpc) is 2.27. The predicted octanol–water partition coefficient (Wildman–Crippen LogP) is -0.376. The maximum absolute atomic E-state index is 11.3. The van der Waals surface area contributed by atoms with Crippen LogP contribution < -0.4 is 10.6 Å². The van der Waals surface area contributed by atoms with Crippen LogP contribution >= 0.6 is 0 Å². The topological polar surface area (TPSA) is 66.9 Å². The van der Waals surface area contributed by atoms with Crippen LogP contribution in [0.3, 0.4) is 0 Å². The normalized spacial score (nSPS) is 9.50. The quantitative estimate of drug-likeness (QED) is 0.522.